The summed E-state index contributed by atoms with van der Waals surface area (Å²) in [5.41, 5.74) is 3.11. The Labute approximate surface area is 181 Å². The van der Waals surface area contributed by atoms with Crippen molar-refractivity contribution < 1.29 is 56.3 Å². The molecule has 32 heavy (non-hydrogen) atoms. The lowest BCUT2D eigenvalue weighted by molar-refractivity contribution is -0.0504. The fourth-order valence-electron chi connectivity index (χ4n) is 2.37. The first-order chi connectivity index (χ1) is 14.5. The molecule has 0 radical (unpaired) electrons. The maximum atomic E-state index is 12.0. The number of aromatic amines is 1. The third-order valence-electron chi connectivity index (χ3n) is 3.49. The van der Waals surface area contributed by atoms with E-state index >= 15 is 0 Å². The number of H-pyrrole nitrogens is 1. The molecule has 180 valence electrons. The van der Waals surface area contributed by atoms with Crippen LogP contribution in [0.25, 0.3) is 0 Å². The van der Waals surface area contributed by atoms with E-state index in [0.29, 0.717) is 10.9 Å². The maximum Gasteiger partial charge on any atom is 0.490 e. The summed E-state index contributed by atoms with van der Waals surface area (Å²) in [7, 11) is -16.9. The Balaban J connectivity index is 2.24. The number of nitrogens with zero attached hydrogens (tertiary/aromatic N) is 2. The van der Waals surface area contributed by atoms with Gasteiger partial charge in [0.1, 0.15) is 18.4 Å². The zero-order valence-corrected chi connectivity index (χ0v) is 18.6. The van der Waals surface area contributed by atoms with Crippen molar-refractivity contribution in [2.24, 2.45) is 5.73 Å². The van der Waals surface area contributed by atoms with Crippen LogP contribution in [0.15, 0.2) is 15.8 Å². The van der Waals surface area contributed by atoms with Crippen molar-refractivity contribution in [3.63, 3.8) is 0 Å². The second-order valence-corrected chi connectivity index (χ2v) is 10.8. The molecule has 1 aromatic rings. The zero-order chi connectivity index (χ0) is 24.5. The van der Waals surface area contributed by atoms with Crippen molar-refractivity contribution in [2.45, 2.75) is 23.3 Å². The second kappa shape index (κ2) is 9.45. The molecule has 6 atom stereocenters. The van der Waals surface area contributed by atoms with Crippen molar-refractivity contribution in [1.29, 1.82) is 0 Å². The standard InChI is InChI=1S/C10H14ClN4O14P3/c11-10(1-2-12)7(17)5(27-8(10)15-9(18)14-6(16)3-13-15)4-26-31(22,23)29-32(24,25)28-30(19,20)21/h3,5,7-8,17H,4,12H2,(H,22,23)(H,24,25)(H,14,16,18)(H2,19,20,21)/t5-,7+,8-,10?/m1/s1. The average molecular weight is 543 g/mol. The Morgan fingerprint density at radius 1 is 1.25 bits per heavy atom. The molecule has 8 N–H and O–H groups in total. The summed E-state index contributed by atoms with van der Waals surface area (Å²) < 4.78 is 51.0. The number of halogens is 1. The van der Waals surface area contributed by atoms with Crippen molar-refractivity contribution in [3.05, 3.63) is 27.0 Å². The minimum absolute atomic E-state index is 0.479. The predicted molar refractivity (Wildman–Crippen MR) is 99.4 cm³/mol. The van der Waals surface area contributed by atoms with Crippen molar-refractivity contribution in [1.82, 2.24) is 14.8 Å². The molecule has 1 aliphatic rings. The lowest BCUT2D eigenvalue weighted by atomic mass is 9.99. The molecule has 0 aliphatic carbocycles. The topological polar surface area (TPSA) is 283 Å². The molecule has 3 unspecified atom stereocenters. The molecule has 2 rings (SSSR count). The Kier molecular flexibility index (Phi) is 7.93. The van der Waals surface area contributed by atoms with Gasteiger partial charge >= 0.3 is 29.2 Å². The molecule has 18 nitrogen and oxygen atoms in total. The molecular formula is C10H14ClN4O14P3. The number of hydrogen-bond donors (Lipinski definition) is 7. The van der Waals surface area contributed by atoms with Crippen LogP contribution in [0, 0.1) is 12.0 Å². The van der Waals surface area contributed by atoms with E-state index in [-0.39, 0.29) is 0 Å². The summed E-state index contributed by atoms with van der Waals surface area (Å²) in [4.78, 5) is 58.4. The summed E-state index contributed by atoms with van der Waals surface area (Å²) in [5.74, 6) is 2.17. The number of ether oxygens (including phenoxy) is 1. The Morgan fingerprint density at radius 2 is 1.88 bits per heavy atom. The highest BCUT2D eigenvalue weighted by atomic mass is 35.5. The van der Waals surface area contributed by atoms with Gasteiger partial charge < -0.3 is 35.2 Å². The highest BCUT2D eigenvalue weighted by molar-refractivity contribution is 7.66. The Bertz CT molecular complexity index is 1190. The minimum Gasteiger partial charge on any atom is -0.387 e. The average Bonchev–Trinajstić information content (AvgIpc) is 2.82. The number of hydrogen-bond acceptors (Lipinski definition) is 12. The van der Waals surface area contributed by atoms with Crippen LogP contribution in [0.4, 0.5) is 0 Å². The fraction of sp³-hybridized carbons (Fsp3) is 0.500. The number of aliphatic hydroxyl groups is 1. The second-order valence-electron chi connectivity index (χ2n) is 5.78. The van der Waals surface area contributed by atoms with Gasteiger partial charge in [0.05, 0.1) is 6.61 Å². The van der Waals surface area contributed by atoms with Gasteiger partial charge in [-0.05, 0) is 5.92 Å². The largest absolute Gasteiger partial charge is 0.490 e. The molecule has 1 aliphatic heterocycles. The summed E-state index contributed by atoms with van der Waals surface area (Å²) in [5, 5.41) is 13.9. The Hall–Kier alpha value is -1.41. The molecule has 0 aromatic carbocycles. The van der Waals surface area contributed by atoms with Crippen LogP contribution < -0.4 is 17.0 Å². The first-order valence-corrected chi connectivity index (χ1v) is 12.6. The fourth-order valence-corrected chi connectivity index (χ4v) is 5.74. The van der Waals surface area contributed by atoms with E-state index in [4.69, 9.17) is 36.8 Å². The lowest BCUT2D eigenvalue weighted by Crippen LogP contribution is -2.45. The summed E-state index contributed by atoms with van der Waals surface area (Å²) in [6, 6.07) is 1.89. The van der Waals surface area contributed by atoms with E-state index in [1.54, 1.807) is 0 Å². The summed E-state index contributed by atoms with van der Waals surface area (Å²) >= 11 is 6.23. The monoisotopic (exact) mass is 542 g/mol. The third-order valence-corrected chi connectivity index (χ3v) is 7.79. The number of aromatic nitrogens is 3. The van der Waals surface area contributed by atoms with E-state index in [2.05, 4.69) is 24.2 Å². The quantitative estimate of drug-likeness (QED) is 0.0768. The first-order valence-electron chi connectivity index (χ1n) is 7.71. The van der Waals surface area contributed by atoms with Crippen molar-refractivity contribution in [3.8, 4) is 12.0 Å². The van der Waals surface area contributed by atoms with E-state index in [9.17, 15) is 33.3 Å². The number of alkyl halides is 1. The van der Waals surface area contributed by atoms with Crippen molar-refractivity contribution >= 4 is 35.1 Å². The van der Waals surface area contributed by atoms with Gasteiger partial charge in [-0.3, -0.25) is 14.3 Å². The van der Waals surface area contributed by atoms with Gasteiger partial charge in [0, 0.05) is 6.04 Å². The molecule has 0 amide bonds. The van der Waals surface area contributed by atoms with Crippen LogP contribution in [0.1, 0.15) is 6.23 Å². The molecule has 0 bridgehead atoms. The zero-order valence-electron chi connectivity index (χ0n) is 15.1. The Morgan fingerprint density at radius 3 is 2.41 bits per heavy atom. The molecule has 1 saturated heterocycles. The molecule has 22 heteroatoms. The number of nitrogens with one attached hydrogen (secondary N) is 1. The van der Waals surface area contributed by atoms with Gasteiger partial charge in [0.25, 0.3) is 5.56 Å². The molecule has 1 aromatic heterocycles. The predicted octanol–water partition coefficient (Wildman–Crippen LogP) is -2.57. The number of rotatable bonds is 8. The van der Waals surface area contributed by atoms with Crippen LogP contribution in [0.2, 0.25) is 0 Å². The molecule has 1 fully saturated rings. The highest BCUT2D eigenvalue weighted by Crippen LogP contribution is 2.66. The third kappa shape index (κ3) is 6.56. The smallest absolute Gasteiger partial charge is 0.387 e. The molecular weight excluding hydrogens is 528 g/mol. The van der Waals surface area contributed by atoms with Crippen LogP contribution in [0.3, 0.4) is 0 Å². The van der Waals surface area contributed by atoms with Crippen LogP contribution in [-0.2, 0) is 31.6 Å². The number of phosphoric ester groups is 1. The van der Waals surface area contributed by atoms with Crippen LogP contribution in [0.5, 0.6) is 0 Å². The number of phosphoric acid groups is 3. The van der Waals surface area contributed by atoms with E-state index in [1.165, 1.54) is 0 Å². The van der Waals surface area contributed by atoms with Crippen LogP contribution >= 0.6 is 35.1 Å². The molecule has 0 spiro atoms. The lowest BCUT2D eigenvalue weighted by Gasteiger charge is -2.24. The first kappa shape index (κ1) is 26.8. The van der Waals surface area contributed by atoms with Gasteiger partial charge in [-0.2, -0.15) is 18.4 Å². The number of nitrogens with two attached hydrogens (primary N) is 1. The minimum atomic E-state index is -5.78. The van der Waals surface area contributed by atoms with Crippen LogP contribution in [-0.4, -0.2) is 63.1 Å². The highest BCUT2D eigenvalue weighted by Gasteiger charge is 2.57. The SMILES string of the molecule is NC#CC1(Cl)[C@@H](O)[C@@H](COP(=O)(O)OP(=O)(O)OP(=O)(O)O)O[C@H]1n1ncc(=O)[nH]c1=O. The maximum absolute atomic E-state index is 12.0. The molecule has 0 saturated carbocycles. The van der Waals surface area contributed by atoms with E-state index < -0.39 is 64.6 Å². The summed E-state index contributed by atoms with van der Waals surface area (Å²) in [6.45, 7) is -1.11. The van der Waals surface area contributed by atoms with E-state index in [1.807, 2.05) is 11.0 Å². The normalized spacial score (nSPS) is 29.5. The van der Waals surface area contributed by atoms with Gasteiger partial charge in [0.2, 0.25) is 0 Å². The summed E-state index contributed by atoms with van der Waals surface area (Å²) in [6.07, 6.45) is -4.64. The number of aliphatic hydroxyl groups excluding tert-OH is 1. The van der Waals surface area contributed by atoms with E-state index in [0.717, 1.165) is 0 Å². The van der Waals surface area contributed by atoms with Gasteiger partial charge in [-0.25, -0.2) is 18.5 Å². The molecule has 2 heterocycles. The van der Waals surface area contributed by atoms with Crippen molar-refractivity contribution in [2.75, 3.05) is 6.61 Å². The van der Waals surface area contributed by atoms with Gasteiger partial charge in [-0.15, -0.1) is 0 Å². The van der Waals surface area contributed by atoms with Gasteiger partial charge in [0.15, 0.2) is 11.1 Å². The van der Waals surface area contributed by atoms with Gasteiger partial charge in [-0.1, -0.05) is 11.6 Å².